The fourth-order valence-electron chi connectivity index (χ4n) is 2.11. The van der Waals surface area contributed by atoms with Crippen LogP contribution in [0, 0.1) is 0 Å². The summed E-state index contributed by atoms with van der Waals surface area (Å²) in [6, 6.07) is 0. The minimum atomic E-state index is -2.83. The van der Waals surface area contributed by atoms with E-state index in [1.807, 2.05) is 0 Å². The van der Waals surface area contributed by atoms with Crippen LogP contribution in [0.25, 0.3) is 0 Å². The summed E-state index contributed by atoms with van der Waals surface area (Å²) in [7, 11) is -2.83. The van der Waals surface area contributed by atoms with Gasteiger partial charge in [0.15, 0.2) is 9.84 Å². The number of sulfone groups is 1. The molecule has 0 aromatic rings. The van der Waals surface area contributed by atoms with Crippen molar-refractivity contribution in [2.24, 2.45) is 0 Å². The van der Waals surface area contributed by atoms with Crippen molar-refractivity contribution in [1.82, 2.24) is 5.32 Å². The fraction of sp³-hybridized carbons (Fsp3) is 1.00. The first-order chi connectivity index (χ1) is 7.17. The molecule has 1 N–H and O–H groups in total. The first-order valence-corrected chi connectivity index (χ1v) is 7.80. The van der Waals surface area contributed by atoms with Crippen molar-refractivity contribution in [3.8, 4) is 0 Å². The van der Waals surface area contributed by atoms with Crippen LogP contribution in [0.2, 0.25) is 0 Å². The quantitative estimate of drug-likeness (QED) is 0.711. The molecule has 0 spiro atoms. The lowest BCUT2D eigenvalue weighted by Gasteiger charge is -2.21. The number of hydrogen-bond acceptors (Lipinski definition) is 3. The van der Waals surface area contributed by atoms with Gasteiger partial charge < -0.3 is 5.32 Å². The maximum absolute atomic E-state index is 11.9. The van der Waals surface area contributed by atoms with Crippen LogP contribution in [0.15, 0.2) is 0 Å². The van der Waals surface area contributed by atoms with Gasteiger partial charge in [-0.25, -0.2) is 8.42 Å². The molecule has 1 rings (SSSR count). The van der Waals surface area contributed by atoms with Crippen LogP contribution in [0.1, 0.15) is 45.4 Å². The largest absolute Gasteiger partial charge is 0.316 e. The summed E-state index contributed by atoms with van der Waals surface area (Å²) >= 11 is 0. The highest BCUT2D eigenvalue weighted by molar-refractivity contribution is 7.92. The van der Waals surface area contributed by atoms with Gasteiger partial charge in [-0.15, -0.1) is 0 Å². The van der Waals surface area contributed by atoms with E-state index in [0.717, 1.165) is 38.6 Å². The van der Waals surface area contributed by atoms with E-state index in [4.69, 9.17) is 0 Å². The van der Waals surface area contributed by atoms with Crippen LogP contribution >= 0.6 is 0 Å². The molecule has 0 atom stereocenters. The van der Waals surface area contributed by atoms with Gasteiger partial charge in [0.2, 0.25) is 0 Å². The molecule has 3 nitrogen and oxygen atoms in total. The number of nitrogens with one attached hydrogen (secondary N) is 1. The Morgan fingerprint density at radius 1 is 1.13 bits per heavy atom. The zero-order valence-corrected chi connectivity index (χ0v) is 10.5. The highest BCUT2D eigenvalue weighted by Crippen LogP contribution is 2.23. The van der Waals surface area contributed by atoms with E-state index in [9.17, 15) is 8.42 Å². The van der Waals surface area contributed by atoms with E-state index in [2.05, 4.69) is 12.2 Å². The Morgan fingerprint density at radius 2 is 1.80 bits per heavy atom. The van der Waals surface area contributed by atoms with Crippen LogP contribution in [-0.2, 0) is 9.84 Å². The van der Waals surface area contributed by atoms with Gasteiger partial charge in [0.1, 0.15) is 0 Å². The average Bonchev–Trinajstić information content (AvgIpc) is 2.26. The summed E-state index contributed by atoms with van der Waals surface area (Å²) in [4.78, 5) is 0. The molecule has 4 heteroatoms. The molecular formula is C11H23NO2S. The van der Waals surface area contributed by atoms with Crippen LogP contribution in [-0.4, -0.2) is 32.5 Å². The second-order valence-corrected chi connectivity index (χ2v) is 6.78. The second-order valence-electron chi connectivity index (χ2n) is 4.38. The summed E-state index contributed by atoms with van der Waals surface area (Å²) in [5, 5.41) is 3.10. The highest BCUT2D eigenvalue weighted by Gasteiger charge is 2.26. The second kappa shape index (κ2) is 6.48. The summed E-state index contributed by atoms with van der Waals surface area (Å²) < 4.78 is 23.8. The van der Waals surface area contributed by atoms with Gasteiger partial charge in [-0.3, -0.25) is 0 Å². The zero-order chi connectivity index (χ0) is 11.1. The van der Waals surface area contributed by atoms with Crippen molar-refractivity contribution >= 4 is 9.84 Å². The molecule has 1 fully saturated rings. The van der Waals surface area contributed by atoms with Crippen LogP contribution in [0.4, 0.5) is 0 Å². The Bertz CT molecular complexity index is 256. The van der Waals surface area contributed by atoms with Gasteiger partial charge >= 0.3 is 0 Å². The van der Waals surface area contributed by atoms with Gasteiger partial charge in [0, 0.05) is 6.54 Å². The summed E-state index contributed by atoms with van der Waals surface area (Å²) in [5.41, 5.74) is 0. The maximum Gasteiger partial charge on any atom is 0.154 e. The Morgan fingerprint density at radius 3 is 2.40 bits per heavy atom. The van der Waals surface area contributed by atoms with Crippen molar-refractivity contribution in [1.29, 1.82) is 0 Å². The number of rotatable bonds is 6. The summed E-state index contributed by atoms with van der Waals surface area (Å²) in [5.74, 6) is 0.317. The average molecular weight is 233 g/mol. The van der Waals surface area contributed by atoms with Gasteiger partial charge in [0.05, 0.1) is 11.0 Å². The van der Waals surface area contributed by atoms with Crippen LogP contribution in [0.5, 0.6) is 0 Å². The monoisotopic (exact) mass is 233 g/mol. The molecule has 0 amide bonds. The van der Waals surface area contributed by atoms with Crippen molar-refractivity contribution < 1.29 is 8.42 Å². The van der Waals surface area contributed by atoms with Gasteiger partial charge in [0.25, 0.3) is 0 Å². The van der Waals surface area contributed by atoms with E-state index in [1.165, 1.54) is 6.42 Å². The SMILES string of the molecule is CCCNCCS(=O)(=O)C1CCCCC1. The van der Waals surface area contributed by atoms with E-state index in [-0.39, 0.29) is 5.25 Å². The molecule has 15 heavy (non-hydrogen) atoms. The maximum atomic E-state index is 11.9. The molecule has 0 bridgehead atoms. The fourth-order valence-corrected chi connectivity index (χ4v) is 3.92. The van der Waals surface area contributed by atoms with Crippen molar-refractivity contribution in [2.45, 2.75) is 50.7 Å². The Hall–Kier alpha value is -0.0900. The Balaban J connectivity index is 2.30. The predicted molar refractivity (Wildman–Crippen MR) is 63.8 cm³/mol. The standard InChI is InChI=1S/C11H23NO2S/c1-2-8-12-9-10-15(13,14)11-6-4-3-5-7-11/h11-12H,2-10H2,1H3. The molecule has 0 heterocycles. The lowest BCUT2D eigenvalue weighted by molar-refractivity contribution is 0.482. The molecule has 0 aromatic carbocycles. The van der Waals surface area contributed by atoms with Crippen molar-refractivity contribution in [3.05, 3.63) is 0 Å². The van der Waals surface area contributed by atoms with E-state index in [0.29, 0.717) is 12.3 Å². The minimum absolute atomic E-state index is 0.0466. The third-order valence-corrected chi connectivity index (χ3v) is 5.31. The van der Waals surface area contributed by atoms with E-state index >= 15 is 0 Å². The Labute approximate surface area is 93.6 Å². The topological polar surface area (TPSA) is 46.2 Å². The summed E-state index contributed by atoms with van der Waals surface area (Å²) in [6.45, 7) is 3.62. The minimum Gasteiger partial charge on any atom is -0.316 e. The molecule has 1 saturated carbocycles. The summed E-state index contributed by atoms with van der Waals surface area (Å²) in [6.07, 6.45) is 6.22. The molecular weight excluding hydrogens is 210 g/mol. The molecule has 0 aliphatic heterocycles. The first-order valence-electron chi connectivity index (χ1n) is 6.09. The van der Waals surface area contributed by atoms with Gasteiger partial charge in [-0.05, 0) is 25.8 Å². The molecule has 0 saturated heterocycles. The van der Waals surface area contributed by atoms with Crippen molar-refractivity contribution in [2.75, 3.05) is 18.8 Å². The van der Waals surface area contributed by atoms with Gasteiger partial charge in [-0.1, -0.05) is 26.2 Å². The molecule has 1 aliphatic carbocycles. The van der Waals surface area contributed by atoms with Crippen LogP contribution in [0.3, 0.4) is 0 Å². The lowest BCUT2D eigenvalue weighted by Crippen LogP contribution is -2.31. The first kappa shape index (κ1) is 13.0. The van der Waals surface area contributed by atoms with Gasteiger partial charge in [-0.2, -0.15) is 0 Å². The third kappa shape index (κ3) is 4.51. The zero-order valence-electron chi connectivity index (χ0n) is 9.67. The van der Waals surface area contributed by atoms with Crippen LogP contribution < -0.4 is 5.32 Å². The molecule has 0 unspecified atom stereocenters. The number of hydrogen-bond donors (Lipinski definition) is 1. The predicted octanol–water partition coefficient (Wildman–Crippen LogP) is 1.73. The van der Waals surface area contributed by atoms with E-state index in [1.54, 1.807) is 0 Å². The third-order valence-electron chi connectivity index (χ3n) is 3.05. The van der Waals surface area contributed by atoms with E-state index < -0.39 is 9.84 Å². The van der Waals surface area contributed by atoms with Crippen molar-refractivity contribution in [3.63, 3.8) is 0 Å². The molecule has 1 aliphatic rings. The molecule has 90 valence electrons. The Kier molecular flexibility index (Phi) is 5.61. The lowest BCUT2D eigenvalue weighted by atomic mass is 10.0. The molecule has 0 radical (unpaired) electrons. The molecule has 0 aromatic heterocycles. The normalized spacial score (nSPS) is 19.3. The highest BCUT2D eigenvalue weighted by atomic mass is 32.2. The smallest absolute Gasteiger partial charge is 0.154 e.